The maximum absolute atomic E-state index is 11.7. The van der Waals surface area contributed by atoms with Gasteiger partial charge in [-0.25, -0.2) is 4.79 Å². The summed E-state index contributed by atoms with van der Waals surface area (Å²) in [5.41, 5.74) is -0.0825. The molecular weight excluding hydrogens is 272 g/mol. The predicted octanol–water partition coefficient (Wildman–Crippen LogP) is 2.73. The van der Waals surface area contributed by atoms with E-state index in [0.717, 1.165) is 6.42 Å². The van der Waals surface area contributed by atoms with Crippen LogP contribution in [0, 0.1) is 5.92 Å². The van der Waals surface area contributed by atoms with Gasteiger partial charge in [0.2, 0.25) is 0 Å². The Morgan fingerprint density at radius 2 is 2.15 bits per heavy atom. The number of amides is 2. The lowest BCUT2D eigenvalue weighted by atomic mass is 9.91. The molecule has 0 saturated carbocycles. The molecule has 1 rings (SSSR count). The number of rotatable bonds is 7. The smallest absolute Gasteiger partial charge is 0.314 e. The van der Waals surface area contributed by atoms with Crippen LogP contribution in [0.5, 0.6) is 0 Å². The van der Waals surface area contributed by atoms with E-state index in [1.807, 2.05) is 25.3 Å². The minimum atomic E-state index is -0.490. The fourth-order valence-corrected chi connectivity index (χ4v) is 2.64. The SMILES string of the molecule is CCC(C)C(O)CNC(=O)NCC(C)(C)c1cccs1. The van der Waals surface area contributed by atoms with E-state index in [2.05, 4.69) is 30.5 Å². The first kappa shape index (κ1) is 17.0. The van der Waals surface area contributed by atoms with E-state index in [0.29, 0.717) is 13.1 Å². The summed E-state index contributed by atoms with van der Waals surface area (Å²) >= 11 is 1.69. The first-order valence-corrected chi connectivity index (χ1v) is 7.98. The average Bonchev–Trinajstić information content (AvgIpc) is 2.96. The molecule has 0 aliphatic rings. The third-order valence-electron chi connectivity index (χ3n) is 3.65. The van der Waals surface area contributed by atoms with Crippen LogP contribution in [0.4, 0.5) is 4.79 Å². The van der Waals surface area contributed by atoms with Crippen LogP contribution >= 0.6 is 11.3 Å². The van der Waals surface area contributed by atoms with Crippen molar-refractivity contribution in [1.29, 1.82) is 0 Å². The van der Waals surface area contributed by atoms with Gasteiger partial charge < -0.3 is 15.7 Å². The average molecular weight is 298 g/mol. The molecule has 1 heterocycles. The van der Waals surface area contributed by atoms with E-state index in [1.165, 1.54) is 4.88 Å². The highest BCUT2D eigenvalue weighted by atomic mass is 32.1. The number of nitrogens with one attached hydrogen (secondary N) is 2. The molecule has 114 valence electrons. The lowest BCUT2D eigenvalue weighted by molar-refractivity contribution is 0.114. The van der Waals surface area contributed by atoms with Gasteiger partial charge in [0.1, 0.15) is 0 Å². The van der Waals surface area contributed by atoms with E-state index in [1.54, 1.807) is 11.3 Å². The minimum absolute atomic E-state index is 0.0825. The van der Waals surface area contributed by atoms with Crippen molar-refractivity contribution in [3.63, 3.8) is 0 Å². The topological polar surface area (TPSA) is 61.4 Å². The van der Waals surface area contributed by atoms with Crippen LogP contribution in [-0.4, -0.2) is 30.3 Å². The summed E-state index contributed by atoms with van der Waals surface area (Å²) in [5, 5.41) is 17.4. The van der Waals surface area contributed by atoms with Gasteiger partial charge in [0.25, 0.3) is 0 Å². The Hall–Kier alpha value is -1.07. The van der Waals surface area contributed by atoms with Crippen LogP contribution in [0.2, 0.25) is 0 Å². The zero-order valence-corrected chi connectivity index (χ0v) is 13.6. The minimum Gasteiger partial charge on any atom is -0.391 e. The Morgan fingerprint density at radius 1 is 1.45 bits per heavy atom. The number of thiophene rings is 1. The standard InChI is InChI=1S/C15H26N2O2S/c1-5-11(2)12(18)9-16-14(19)17-10-15(3,4)13-7-6-8-20-13/h6-8,11-12,18H,5,9-10H2,1-4H3,(H2,16,17,19). The van der Waals surface area contributed by atoms with Crippen molar-refractivity contribution in [1.82, 2.24) is 10.6 Å². The molecule has 0 aromatic carbocycles. The monoisotopic (exact) mass is 298 g/mol. The van der Waals surface area contributed by atoms with Crippen molar-refractivity contribution in [2.75, 3.05) is 13.1 Å². The molecule has 0 saturated heterocycles. The summed E-state index contributed by atoms with van der Waals surface area (Å²) in [6.45, 7) is 9.07. The van der Waals surface area contributed by atoms with Gasteiger partial charge in [0.05, 0.1) is 6.10 Å². The van der Waals surface area contributed by atoms with E-state index >= 15 is 0 Å². The molecule has 2 unspecified atom stereocenters. The molecule has 1 aromatic heterocycles. The van der Waals surface area contributed by atoms with Gasteiger partial charge >= 0.3 is 6.03 Å². The molecule has 0 bridgehead atoms. The van der Waals surface area contributed by atoms with Crippen LogP contribution < -0.4 is 10.6 Å². The number of hydrogen-bond acceptors (Lipinski definition) is 3. The molecule has 2 atom stereocenters. The normalized spacial score (nSPS) is 14.7. The zero-order chi connectivity index (χ0) is 15.2. The van der Waals surface area contributed by atoms with Crippen molar-refractivity contribution in [3.8, 4) is 0 Å². The summed E-state index contributed by atoms with van der Waals surface area (Å²) in [4.78, 5) is 13.0. The first-order valence-electron chi connectivity index (χ1n) is 7.10. The molecule has 1 aromatic rings. The molecular formula is C15H26N2O2S. The Labute approximate surface area is 125 Å². The van der Waals surface area contributed by atoms with Gasteiger partial charge in [0.15, 0.2) is 0 Å². The Kier molecular flexibility index (Phi) is 6.49. The van der Waals surface area contributed by atoms with Crippen molar-refractivity contribution < 1.29 is 9.90 Å². The first-order chi connectivity index (χ1) is 9.36. The van der Waals surface area contributed by atoms with Crippen LogP contribution in [0.3, 0.4) is 0 Å². The van der Waals surface area contributed by atoms with Crippen LogP contribution in [0.15, 0.2) is 17.5 Å². The Balaban J connectivity index is 2.33. The van der Waals surface area contributed by atoms with E-state index in [-0.39, 0.29) is 17.4 Å². The predicted molar refractivity (Wildman–Crippen MR) is 84.2 cm³/mol. The molecule has 2 amide bonds. The molecule has 0 radical (unpaired) electrons. The maximum atomic E-state index is 11.7. The van der Waals surface area contributed by atoms with Gasteiger partial charge in [0, 0.05) is 23.4 Å². The van der Waals surface area contributed by atoms with Crippen LogP contribution in [-0.2, 0) is 5.41 Å². The number of urea groups is 1. The maximum Gasteiger partial charge on any atom is 0.314 e. The molecule has 0 spiro atoms. The van der Waals surface area contributed by atoms with Crippen molar-refractivity contribution in [3.05, 3.63) is 22.4 Å². The second-order valence-electron chi connectivity index (χ2n) is 5.88. The fourth-order valence-electron chi connectivity index (χ4n) is 1.79. The van der Waals surface area contributed by atoms with Gasteiger partial charge in [-0.15, -0.1) is 11.3 Å². The van der Waals surface area contributed by atoms with Crippen molar-refractivity contribution in [2.45, 2.75) is 45.6 Å². The molecule has 0 aliphatic heterocycles. The number of aliphatic hydroxyl groups excluding tert-OH is 1. The molecule has 4 nitrogen and oxygen atoms in total. The van der Waals surface area contributed by atoms with Gasteiger partial charge in [-0.2, -0.15) is 0 Å². The number of carbonyl (C=O) groups excluding carboxylic acids is 1. The second kappa shape index (κ2) is 7.64. The quantitative estimate of drug-likeness (QED) is 0.725. The highest BCUT2D eigenvalue weighted by Gasteiger charge is 2.22. The highest BCUT2D eigenvalue weighted by molar-refractivity contribution is 7.10. The lowest BCUT2D eigenvalue weighted by Crippen LogP contribution is -2.45. The summed E-state index contributed by atoms with van der Waals surface area (Å²) in [6.07, 6.45) is 0.409. The van der Waals surface area contributed by atoms with Crippen molar-refractivity contribution >= 4 is 17.4 Å². The van der Waals surface area contributed by atoms with E-state index in [9.17, 15) is 9.90 Å². The second-order valence-corrected chi connectivity index (χ2v) is 6.83. The summed E-state index contributed by atoms with van der Waals surface area (Å²) in [5.74, 6) is 0.192. The molecule has 3 N–H and O–H groups in total. The summed E-state index contributed by atoms with van der Waals surface area (Å²) in [7, 11) is 0. The van der Waals surface area contributed by atoms with Crippen LogP contribution in [0.25, 0.3) is 0 Å². The van der Waals surface area contributed by atoms with Crippen molar-refractivity contribution in [2.24, 2.45) is 5.92 Å². The van der Waals surface area contributed by atoms with Gasteiger partial charge in [-0.3, -0.25) is 0 Å². The molecule has 20 heavy (non-hydrogen) atoms. The van der Waals surface area contributed by atoms with Gasteiger partial charge in [-0.1, -0.05) is 40.2 Å². The molecule has 5 heteroatoms. The van der Waals surface area contributed by atoms with E-state index in [4.69, 9.17) is 0 Å². The zero-order valence-electron chi connectivity index (χ0n) is 12.8. The number of hydrogen-bond donors (Lipinski definition) is 3. The Bertz CT molecular complexity index is 404. The largest absolute Gasteiger partial charge is 0.391 e. The lowest BCUT2D eigenvalue weighted by Gasteiger charge is -2.24. The molecule has 0 fully saturated rings. The summed E-state index contributed by atoms with van der Waals surface area (Å²) < 4.78 is 0. The fraction of sp³-hybridized carbons (Fsp3) is 0.667. The highest BCUT2D eigenvalue weighted by Crippen LogP contribution is 2.26. The van der Waals surface area contributed by atoms with E-state index < -0.39 is 6.10 Å². The third-order valence-corrected chi connectivity index (χ3v) is 4.89. The Morgan fingerprint density at radius 3 is 2.70 bits per heavy atom. The van der Waals surface area contributed by atoms with Gasteiger partial charge in [-0.05, 0) is 17.4 Å². The molecule has 0 aliphatic carbocycles. The summed E-state index contributed by atoms with van der Waals surface area (Å²) in [6, 6.07) is 3.87. The van der Waals surface area contributed by atoms with Crippen LogP contribution in [0.1, 0.15) is 39.0 Å². The third kappa shape index (κ3) is 5.13. The number of carbonyl (C=O) groups is 1. The number of aliphatic hydroxyl groups is 1.